The fraction of sp³-hybridized carbons (Fsp3) is 0.500. The van der Waals surface area contributed by atoms with Crippen molar-refractivity contribution in [3.05, 3.63) is 65.0 Å². The number of aryl methyl sites for hydroxylation is 1. The molecule has 6 heteroatoms. The molecule has 6 nitrogen and oxygen atoms in total. The Kier molecular flexibility index (Phi) is 6.35. The molecule has 0 radical (unpaired) electrons. The number of likely N-dealkylation sites (N-methyl/N-ethyl adjacent to an activating group) is 1. The molecule has 2 heterocycles. The molecule has 2 aromatic rings. The maximum absolute atomic E-state index is 13.3. The molecule has 2 aliphatic rings. The molecule has 1 N–H and O–H groups in total. The van der Waals surface area contributed by atoms with Crippen LogP contribution in [0, 0.1) is 6.92 Å². The van der Waals surface area contributed by atoms with Crippen molar-refractivity contribution in [2.75, 3.05) is 33.2 Å². The zero-order chi connectivity index (χ0) is 21.1. The molecule has 0 bridgehead atoms. The van der Waals surface area contributed by atoms with Gasteiger partial charge < -0.3 is 15.1 Å². The van der Waals surface area contributed by atoms with Crippen molar-refractivity contribution in [3.8, 4) is 0 Å². The van der Waals surface area contributed by atoms with Gasteiger partial charge in [-0.05, 0) is 38.8 Å². The molecule has 1 atom stereocenters. The summed E-state index contributed by atoms with van der Waals surface area (Å²) in [4.78, 5) is 17.5. The minimum Gasteiger partial charge on any atom is -0.335 e. The first kappa shape index (κ1) is 20.8. The van der Waals surface area contributed by atoms with E-state index in [1.807, 2.05) is 15.7 Å². The van der Waals surface area contributed by atoms with Crippen molar-refractivity contribution in [2.24, 2.45) is 0 Å². The van der Waals surface area contributed by atoms with Crippen molar-refractivity contribution in [3.63, 3.8) is 0 Å². The lowest BCUT2D eigenvalue weighted by atomic mass is 9.90. The number of hydrogen-bond acceptors (Lipinski definition) is 4. The SMILES string of the molecule is C=CCn1nc(C(=O)N2CCN(C)CC2)c2c1CCC(NCc1ccc(C)cc1)C2. The molecule has 1 saturated heterocycles. The smallest absolute Gasteiger partial charge is 0.274 e. The highest BCUT2D eigenvalue weighted by molar-refractivity contribution is 5.94. The highest BCUT2D eigenvalue weighted by Crippen LogP contribution is 2.26. The Balaban J connectivity index is 1.50. The number of amides is 1. The van der Waals surface area contributed by atoms with E-state index in [2.05, 4.69) is 55.0 Å². The number of aromatic nitrogens is 2. The van der Waals surface area contributed by atoms with E-state index < -0.39 is 0 Å². The number of piperazine rings is 1. The van der Waals surface area contributed by atoms with E-state index >= 15 is 0 Å². The molecule has 0 spiro atoms. The quantitative estimate of drug-likeness (QED) is 0.748. The molecule has 160 valence electrons. The number of carbonyl (C=O) groups excluding carboxylic acids is 1. The van der Waals surface area contributed by atoms with E-state index in [4.69, 9.17) is 5.10 Å². The second-order valence-electron chi connectivity index (χ2n) is 8.65. The Morgan fingerprint density at radius 1 is 1.23 bits per heavy atom. The van der Waals surface area contributed by atoms with Crippen LogP contribution < -0.4 is 5.32 Å². The van der Waals surface area contributed by atoms with Gasteiger partial charge in [-0.3, -0.25) is 9.48 Å². The van der Waals surface area contributed by atoms with Gasteiger partial charge in [-0.1, -0.05) is 35.9 Å². The van der Waals surface area contributed by atoms with Gasteiger partial charge in [0.25, 0.3) is 5.91 Å². The van der Waals surface area contributed by atoms with Gasteiger partial charge in [0.2, 0.25) is 0 Å². The minimum atomic E-state index is 0.0846. The van der Waals surface area contributed by atoms with Gasteiger partial charge in [0.1, 0.15) is 0 Å². The lowest BCUT2D eigenvalue weighted by molar-refractivity contribution is 0.0656. The average Bonchev–Trinajstić information content (AvgIpc) is 3.11. The Hall–Kier alpha value is -2.44. The number of rotatable bonds is 6. The van der Waals surface area contributed by atoms with E-state index in [1.165, 1.54) is 16.8 Å². The highest BCUT2D eigenvalue weighted by atomic mass is 16.2. The second-order valence-corrected chi connectivity index (χ2v) is 8.65. The van der Waals surface area contributed by atoms with Crippen molar-refractivity contribution in [1.82, 2.24) is 24.9 Å². The van der Waals surface area contributed by atoms with Crippen LogP contribution in [-0.4, -0.2) is 64.8 Å². The van der Waals surface area contributed by atoms with Gasteiger partial charge in [-0.15, -0.1) is 6.58 Å². The first-order valence-corrected chi connectivity index (χ1v) is 11.0. The molecule has 1 aromatic carbocycles. The summed E-state index contributed by atoms with van der Waals surface area (Å²) in [5, 5.41) is 8.45. The van der Waals surface area contributed by atoms with Gasteiger partial charge in [0.05, 0.1) is 6.54 Å². The summed E-state index contributed by atoms with van der Waals surface area (Å²) in [6.45, 7) is 10.9. The van der Waals surface area contributed by atoms with E-state index in [0.29, 0.717) is 18.3 Å². The Bertz CT molecular complexity index is 893. The summed E-state index contributed by atoms with van der Waals surface area (Å²) >= 11 is 0. The summed E-state index contributed by atoms with van der Waals surface area (Å²) in [7, 11) is 2.10. The number of nitrogens with one attached hydrogen (secondary N) is 1. The average molecular weight is 408 g/mol. The molecular weight excluding hydrogens is 374 g/mol. The Labute approximate surface area is 179 Å². The van der Waals surface area contributed by atoms with Crippen LogP contribution in [0.5, 0.6) is 0 Å². The molecule has 1 unspecified atom stereocenters. The van der Waals surface area contributed by atoms with E-state index in [1.54, 1.807) is 0 Å². The van der Waals surface area contributed by atoms with Crippen LogP contribution in [-0.2, 0) is 25.9 Å². The number of benzene rings is 1. The van der Waals surface area contributed by atoms with Crippen LogP contribution in [0.3, 0.4) is 0 Å². The maximum Gasteiger partial charge on any atom is 0.274 e. The Morgan fingerprint density at radius 2 is 1.97 bits per heavy atom. The van der Waals surface area contributed by atoms with Crippen LogP contribution >= 0.6 is 0 Å². The molecule has 0 saturated carbocycles. The monoisotopic (exact) mass is 407 g/mol. The zero-order valence-corrected chi connectivity index (χ0v) is 18.2. The van der Waals surface area contributed by atoms with Crippen LogP contribution in [0.15, 0.2) is 36.9 Å². The molecular formula is C24H33N5O. The predicted molar refractivity (Wildman–Crippen MR) is 120 cm³/mol. The molecule has 1 fully saturated rings. The molecule has 1 amide bonds. The summed E-state index contributed by atoms with van der Waals surface area (Å²) in [5.41, 5.74) is 5.57. The van der Waals surface area contributed by atoms with Crippen LogP contribution in [0.1, 0.15) is 39.3 Å². The number of carbonyl (C=O) groups is 1. The van der Waals surface area contributed by atoms with Gasteiger partial charge in [0, 0.05) is 50.0 Å². The second kappa shape index (κ2) is 9.14. The molecule has 1 aliphatic carbocycles. The zero-order valence-electron chi connectivity index (χ0n) is 18.2. The maximum atomic E-state index is 13.3. The third-order valence-corrected chi connectivity index (χ3v) is 6.36. The van der Waals surface area contributed by atoms with Crippen molar-refractivity contribution in [1.29, 1.82) is 0 Å². The standard InChI is InChI=1S/C24H33N5O/c1-4-11-29-22-10-9-20(25-17-19-7-5-18(2)6-8-19)16-21(22)23(26-29)24(30)28-14-12-27(3)13-15-28/h4-8,20,25H,1,9-17H2,2-3H3. The molecule has 4 rings (SSSR count). The van der Waals surface area contributed by atoms with Crippen LogP contribution in [0.4, 0.5) is 0 Å². The normalized spacial score (nSPS) is 19.5. The lowest BCUT2D eigenvalue weighted by Gasteiger charge is -2.32. The summed E-state index contributed by atoms with van der Waals surface area (Å²) in [5.74, 6) is 0.0846. The van der Waals surface area contributed by atoms with Gasteiger partial charge >= 0.3 is 0 Å². The van der Waals surface area contributed by atoms with Gasteiger partial charge in [0.15, 0.2) is 5.69 Å². The number of hydrogen-bond donors (Lipinski definition) is 1. The topological polar surface area (TPSA) is 53.4 Å². The number of nitrogens with zero attached hydrogens (tertiary/aromatic N) is 4. The molecule has 1 aliphatic heterocycles. The van der Waals surface area contributed by atoms with Crippen molar-refractivity contribution >= 4 is 5.91 Å². The largest absolute Gasteiger partial charge is 0.335 e. The minimum absolute atomic E-state index is 0.0846. The first-order valence-electron chi connectivity index (χ1n) is 11.0. The molecule has 30 heavy (non-hydrogen) atoms. The summed E-state index contributed by atoms with van der Waals surface area (Å²) in [6.07, 6.45) is 4.72. The lowest BCUT2D eigenvalue weighted by Crippen LogP contribution is -2.47. The third-order valence-electron chi connectivity index (χ3n) is 6.36. The predicted octanol–water partition coefficient (Wildman–Crippen LogP) is 2.41. The first-order chi connectivity index (χ1) is 14.5. The van der Waals surface area contributed by atoms with E-state index in [9.17, 15) is 4.79 Å². The third kappa shape index (κ3) is 4.50. The van der Waals surface area contributed by atoms with Crippen molar-refractivity contribution in [2.45, 2.75) is 45.3 Å². The Morgan fingerprint density at radius 3 is 2.67 bits per heavy atom. The fourth-order valence-corrected chi connectivity index (χ4v) is 4.43. The summed E-state index contributed by atoms with van der Waals surface area (Å²) in [6, 6.07) is 9.03. The molecule has 1 aromatic heterocycles. The highest BCUT2D eigenvalue weighted by Gasteiger charge is 2.31. The van der Waals surface area contributed by atoms with Crippen LogP contribution in [0.2, 0.25) is 0 Å². The number of allylic oxidation sites excluding steroid dienone is 1. The summed E-state index contributed by atoms with van der Waals surface area (Å²) < 4.78 is 1.99. The van der Waals surface area contributed by atoms with E-state index in [-0.39, 0.29) is 5.91 Å². The van der Waals surface area contributed by atoms with Crippen LogP contribution in [0.25, 0.3) is 0 Å². The van der Waals surface area contributed by atoms with Crippen molar-refractivity contribution < 1.29 is 4.79 Å². The van der Waals surface area contributed by atoms with Gasteiger partial charge in [-0.2, -0.15) is 5.10 Å². The van der Waals surface area contributed by atoms with Gasteiger partial charge in [-0.25, -0.2) is 0 Å². The number of fused-ring (bicyclic) bond motifs is 1. The van der Waals surface area contributed by atoms with E-state index in [0.717, 1.165) is 57.5 Å². The fourth-order valence-electron chi connectivity index (χ4n) is 4.43.